The van der Waals surface area contributed by atoms with E-state index in [1.54, 1.807) is 52.3 Å². The van der Waals surface area contributed by atoms with Gasteiger partial charge in [0.05, 0.1) is 20.1 Å². The molecule has 2 atom stereocenters. The first-order chi connectivity index (χ1) is 12.8. The highest BCUT2D eigenvalue weighted by Gasteiger charge is 2.30. The summed E-state index contributed by atoms with van der Waals surface area (Å²) in [5, 5.41) is 1.08. The Bertz CT molecular complexity index is 757. The van der Waals surface area contributed by atoms with Crippen LogP contribution in [-0.4, -0.2) is 32.3 Å². The van der Waals surface area contributed by atoms with Crippen molar-refractivity contribution >= 4 is 29.2 Å². The highest BCUT2D eigenvalue weighted by molar-refractivity contribution is 6.31. The minimum Gasteiger partial charge on any atom is -0.496 e. The van der Waals surface area contributed by atoms with Crippen molar-refractivity contribution in [1.82, 2.24) is 0 Å². The van der Waals surface area contributed by atoms with Gasteiger partial charge in [-0.25, -0.2) is 0 Å². The molecule has 5 nitrogen and oxygen atoms in total. The lowest BCUT2D eigenvalue weighted by molar-refractivity contribution is -0.150. The third kappa shape index (κ3) is 5.06. The molecule has 7 heteroatoms. The van der Waals surface area contributed by atoms with Gasteiger partial charge in [-0.05, 0) is 38.1 Å². The Hall–Kier alpha value is -1.95. The van der Waals surface area contributed by atoms with Crippen LogP contribution < -0.4 is 15.2 Å². The number of halogens is 2. The standard InChI is InChI=1S/C20H23Cl2NO4/c1-11(23)20(24)27-12(2)19(15-7-5-13(21)9-17(15)25-3)16-8-6-14(22)10-18(16)26-4/h5-12,19H,23H2,1-4H3/t11-,12-/m0/s1. The zero-order chi connectivity index (χ0) is 20.1. The average Bonchev–Trinajstić information content (AvgIpc) is 2.63. The Kier molecular flexibility index (Phi) is 7.36. The lowest BCUT2D eigenvalue weighted by atomic mass is 9.86. The van der Waals surface area contributed by atoms with Crippen LogP contribution in [0, 0.1) is 0 Å². The number of hydrogen-bond donors (Lipinski definition) is 1. The maximum absolute atomic E-state index is 12.1. The van der Waals surface area contributed by atoms with Gasteiger partial charge in [0, 0.05) is 21.2 Å². The second-order valence-electron chi connectivity index (χ2n) is 6.18. The van der Waals surface area contributed by atoms with E-state index >= 15 is 0 Å². The highest BCUT2D eigenvalue weighted by Crippen LogP contribution is 2.41. The quantitative estimate of drug-likeness (QED) is 0.682. The van der Waals surface area contributed by atoms with Gasteiger partial charge < -0.3 is 19.9 Å². The molecule has 0 radical (unpaired) electrons. The molecule has 0 unspecified atom stereocenters. The fraction of sp³-hybridized carbons (Fsp3) is 0.350. The summed E-state index contributed by atoms with van der Waals surface area (Å²) in [4.78, 5) is 12.1. The zero-order valence-electron chi connectivity index (χ0n) is 15.7. The summed E-state index contributed by atoms with van der Waals surface area (Å²) in [6.07, 6.45) is -0.548. The number of methoxy groups -OCH3 is 2. The third-order valence-electron chi connectivity index (χ3n) is 4.20. The third-order valence-corrected chi connectivity index (χ3v) is 4.67. The normalized spacial score (nSPS) is 13.2. The summed E-state index contributed by atoms with van der Waals surface area (Å²) in [6.45, 7) is 3.38. The first-order valence-corrected chi connectivity index (χ1v) is 9.17. The topological polar surface area (TPSA) is 70.8 Å². The van der Waals surface area contributed by atoms with E-state index in [2.05, 4.69) is 0 Å². The molecule has 0 fully saturated rings. The number of carbonyl (C=O) groups excluding carboxylic acids is 1. The number of ether oxygens (including phenoxy) is 3. The van der Waals surface area contributed by atoms with Gasteiger partial charge in [-0.2, -0.15) is 0 Å². The molecular weight excluding hydrogens is 389 g/mol. The molecule has 0 saturated carbocycles. The minimum absolute atomic E-state index is 0.382. The zero-order valence-corrected chi connectivity index (χ0v) is 17.2. The van der Waals surface area contributed by atoms with E-state index < -0.39 is 18.1 Å². The lowest BCUT2D eigenvalue weighted by Gasteiger charge is -2.28. The molecule has 0 heterocycles. The van der Waals surface area contributed by atoms with Crippen LogP contribution in [0.5, 0.6) is 11.5 Å². The average molecular weight is 412 g/mol. The molecule has 2 N–H and O–H groups in total. The van der Waals surface area contributed by atoms with Gasteiger partial charge in [0.1, 0.15) is 23.6 Å². The van der Waals surface area contributed by atoms with Crippen LogP contribution in [0.3, 0.4) is 0 Å². The molecule has 146 valence electrons. The molecule has 0 aliphatic rings. The summed E-state index contributed by atoms with van der Waals surface area (Å²) < 4.78 is 16.6. The lowest BCUT2D eigenvalue weighted by Crippen LogP contribution is -2.34. The van der Waals surface area contributed by atoms with Gasteiger partial charge in [0.15, 0.2) is 0 Å². The summed E-state index contributed by atoms with van der Waals surface area (Å²) >= 11 is 12.2. The predicted octanol–water partition coefficient (Wildman–Crippen LogP) is 4.42. The monoisotopic (exact) mass is 411 g/mol. The second kappa shape index (κ2) is 9.31. The van der Waals surface area contributed by atoms with Crippen LogP contribution in [0.1, 0.15) is 30.9 Å². The van der Waals surface area contributed by atoms with Crippen molar-refractivity contribution in [3.8, 4) is 11.5 Å². The van der Waals surface area contributed by atoms with Gasteiger partial charge in [-0.3, -0.25) is 4.79 Å². The molecule has 0 saturated heterocycles. The van der Waals surface area contributed by atoms with Crippen molar-refractivity contribution in [2.75, 3.05) is 14.2 Å². The van der Waals surface area contributed by atoms with Gasteiger partial charge in [-0.15, -0.1) is 0 Å². The first kappa shape index (κ1) is 21.4. The number of benzene rings is 2. The van der Waals surface area contributed by atoms with Gasteiger partial charge in [0.25, 0.3) is 0 Å². The molecule has 0 spiro atoms. The Morgan fingerprint density at radius 2 is 1.37 bits per heavy atom. The van der Waals surface area contributed by atoms with E-state index in [-0.39, 0.29) is 5.92 Å². The fourth-order valence-electron chi connectivity index (χ4n) is 2.92. The van der Waals surface area contributed by atoms with Crippen molar-refractivity contribution in [2.45, 2.75) is 31.9 Å². The van der Waals surface area contributed by atoms with Crippen molar-refractivity contribution in [2.24, 2.45) is 5.73 Å². The first-order valence-electron chi connectivity index (χ1n) is 8.41. The van der Waals surface area contributed by atoms with Gasteiger partial charge in [-0.1, -0.05) is 35.3 Å². The SMILES string of the molecule is COc1cc(Cl)ccc1C(c1ccc(Cl)cc1OC)[C@H](C)OC(=O)[C@H](C)N. The Morgan fingerprint density at radius 3 is 1.74 bits per heavy atom. The van der Waals surface area contributed by atoms with E-state index in [1.165, 1.54) is 0 Å². The second-order valence-corrected chi connectivity index (χ2v) is 7.05. The molecule has 0 aliphatic heterocycles. The fourth-order valence-corrected chi connectivity index (χ4v) is 3.24. The summed E-state index contributed by atoms with van der Waals surface area (Å²) in [5.41, 5.74) is 7.25. The Balaban J connectivity index is 2.61. The van der Waals surface area contributed by atoms with E-state index in [0.29, 0.717) is 21.5 Å². The largest absolute Gasteiger partial charge is 0.496 e. The van der Waals surface area contributed by atoms with E-state index in [9.17, 15) is 4.79 Å². The number of hydrogen-bond acceptors (Lipinski definition) is 5. The molecule has 2 aromatic rings. The van der Waals surface area contributed by atoms with Crippen molar-refractivity contribution < 1.29 is 19.0 Å². The van der Waals surface area contributed by atoms with Crippen LogP contribution in [0.15, 0.2) is 36.4 Å². The highest BCUT2D eigenvalue weighted by atomic mass is 35.5. The number of rotatable bonds is 7. The molecule has 0 aliphatic carbocycles. The summed E-state index contributed by atoms with van der Waals surface area (Å²) in [6, 6.07) is 9.90. The van der Waals surface area contributed by atoms with Crippen LogP contribution in [0.2, 0.25) is 10.0 Å². The van der Waals surface area contributed by atoms with E-state index in [1.807, 2.05) is 12.1 Å². The summed E-state index contributed by atoms with van der Waals surface area (Å²) in [5.74, 6) is 0.280. The van der Waals surface area contributed by atoms with Crippen molar-refractivity contribution in [3.05, 3.63) is 57.6 Å². The van der Waals surface area contributed by atoms with Crippen LogP contribution in [-0.2, 0) is 9.53 Å². The Labute approximate surface area is 169 Å². The molecule has 0 aromatic heterocycles. The Morgan fingerprint density at radius 1 is 0.926 bits per heavy atom. The van der Waals surface area contributed by atoms with Crippen molar-refractivity contribution in [1.29, 1.82) is 0 Å². The minimum atomic E-state index is -0.729. The molecule has 2 aromatic carbocycles. The number of carbonyl (C=O) groups is 1. The maximum atomic E-state index is 12.1. The van der Waals surface area contributed by atoms with Crippen LogP contribution >= 0.6 is 23.2 Å². The molecular formula is C20H23Cl2NO4. The van der Waals surface area contributed by atoms with Gasteiger partial charge >= 0.3 is 5.97 Å². The maximum Gasteiger partial charge on any atom is 0.322 e. The van der Waals surface area contributed by atoms with Crippen LogP contribution in [0.25, 0.3) is 0 Å². The molecule has 2 rings (SSSR count). The predicted molar refractivity (Wildman–Crippen MR) is 107 cm³/mol. The number of esters is 1. The van der Waals surface area contributed by atoms with Gasteiger partial charge in [0.2, 0.25) is 0 Å². The molecule has 27 heavy (non-hydrogen) atoms. The van der Waals surface area contributed by atoms with E-state index in [0.717, 1.165) is 11.1 Å². The van der Waals surface area contributed by atoms with Crippen molar-refractivity contribution in [3.63, 3.8) is 0 Å². The number of nitrogens with two attached hydrogens (primary N) is 1. The summed E-state index contributed by atoms with van der Waals surface area (Å²) in [7, 11) is 3.12. The smallest absolute Gasteiger partial charge is 0.322 e. The molecule has 0 bridgehead atoms. The van der Waals surface area contributed by atoms with Crippen LogP contribution in [0.4, 0.5) is 0 Å². The van der Waals surface area contributed by atoms with E-state index in [4.69, 9.17) is 43.1 Å². The molecule has 0 amide bonds.